The third-order valence-electron chi connectivity index (χ3n) is 7.42. The Morgan fingerprint density at radius 1 is 0.744 bits per heavy atom. The van der Waals surface area contributed by atoms with Gasteiger partial charge in [0.1, 0.15) is 6.04 Å². The fourth-order valence-electron chi connectivity index (χ4n) is 5.20. The highest BCUT2D eigenvalue weighted by Crippen LogP contribution is 2.38. The Labute approximate surface area is 252 Å². The Bertz CT molecular complexity index is 1500. The molecule has 9 heteroatoms. The van der Waals surface area contributed by atoms with E-state index >= 15 is 0 Å². The van der Waals surface area contributed by atoms with Crippen LogP contribution in [0.3, 0.4) is 0 Å². The number of nitrogens with one attached hydrogen (secondary N) is 1. The molecule has 0 radical (unpaired) electrons. The zero-order valence-corrected chi connectivity index (χ0v) is 24.6. The second kappa shape index (κ2) is 14.2. The Balaban J connectivity index is 1.58. The zero-order chi connectivity index (χ0) is 30.9. The lowest BCUT2D eigenvalue weighted by Crippen LogP contribution is -2.53. The first-order valence-electron chi connectivity index (χ1n) is 14.0. The van der Waals surface area contributed by atoms with Gasteiger partial charge in [0.05, 0.1) is 23.0 Å². The predicted octanol–water partition coefficient (Wildman–Crippen LogP) is 5.61. The zero-order valence-electron chi connectivity index (χ0n) is 23.8. The summed E-state index contributed by atoms with van der Waals surface area (Å²) in [6, 6.07) is 33.3. The molecule has 4 aromatic carbocycles. The van der Waals surface area contributed by atoms with Crippen LogP contribution in [0.15, 0.2) is 120 Å². The van der Waals surface area contributed by atoms with Crippen LogP contribution in [0.4, 0.5) is 0 Å². The molecule has 0 spiro atoms. The highest BCUT2D eigenvalue weighted by Gasteiger charge is 2.41. The summed E-state index contributed by atoms with van der Waals surface area (Å²) in [5.41, 5.74) is 2.17. The molecule has 3 N–H and O–H groups in total. The normalized spacial score (nSPS) is 13.2. The highest BCUT2D eigenvalue weighted by molar-refractivity contribution is 7.86. The molecule has 0 aliphatic carbocycles. The van der Waals surface area contributed by atoms with Crippen molar-refractivity contribution < 1.29 is 32.4 Å². The number of carboxylic acid groups (broad SMARTS) is 2. The van der Waals surface area contributed by atoms with Crippen LogP contribution < -0.4 is 5.32 Å². The van der Waals surface area contributed by atoms with Crippen molar-refractivity contribution >= 4 is 22.1 Å². The second-order valence-electron chi connectivity index (χ2n) is 10.4. The molecule has 0 aliphatic heterocycles. The summed E-state index contributed by atoms with van der Waals surface area (Å²) in [5, 5.41) is 23.8. The molecule has 0 unspecified atom stereocenters. The lowest BCUT2D eigenvalue weighted by atomic mass is 9.76. The number of rotatable bonds is 15. The molecule has 0 fully saturated rings. The lowest BCUT2D eigenvalue weighted by molar-refractivity contribution is -0.144. The van der Waals surface area contributed by atoms with Crippen molar-refractivity contribution in [1.29, 1.82) is 0 Å². The monoisotopic (exact) mass is 601 g/mol. The molecule has 224 valence electrons. The maximum atomic E-state index is 12.7. The Morgan fingerprint density at radius 3 is 1.63 bits per heavy atom. The average molecular weight is 602 g/mol. The SMILES string of the molecule is Cc1ccc(S(=O)(=O)OCCC[C@H](C[C@H](NC(c2ccccc2)(c2ccccc2)c2ccccc2)C(=O)O)C(=O)O)cc1. The Morgan fingerprint density at radius 2 is 1.21 bits per heavy atom. The van der Waals surface area contributed by atoms with Gasteiger partial charge in [0.25, 0.3) is 10.1 Å². The molecule has 4 rings (SSSR count). The minimum absolute atomic E-state index is 0.0158. The van der Waals surface area contributed by atoms with E-state index < -0.39 is 39.6 Å². The molecule has 0 amide bonds. The third-order valence-corrected chi connectivity index (χ3v) is 8.75. The van der Waals surface area contributed by atoms with Crippen LogP contribution in [-0.2, 0) is 29.4 Å². The molecule has 8 nitrogen and oxygen atoms in total. The van der Waals surface area contributed by atoms with Crippen LogP contribution in [0.5, 0.6) is 0 Å². The van der Waals surface area contributed by atoms with Crippen molar-refractivity contribution in [1.82, 2.24) is 5.32 Å². The van der Waals surface area contributed by atoms with Crippen LogP contribution in [-0.4, -0.2) is 43.2 Å². The van der Waals surface area contributed by atoms with Gasteiger partial charge in [0.15, 0.2) is 0 Å². The number of aliphatic carboxylic acids is 2. The van der Waals surface area contributed by atoms with Gasteiger partial charge >= 0.3 is 11.9 Å². The van der Waals surface area contributed by atoms with E-state index in [1.54, 1.807) is 12.1 Å². The maximum Gasteiger partial charge on any atom is 0.320 e. The number of carboxylic acids is 2. The van der Waals surface area contributed by atoms with E-state index in [1.165, 1.54) is 12.1 Å². The van der Waals surface area contributed by atoms with E-state index in [1.807, 2.05) is 97.9 Å². The van der Waals surface area contributed by atoms with Gasteiger partial charge < -0.3 is 10.2 Å². The van der Waals surface area contributed by atoms with E-state index in [2.05, 4.69) is 5.32 Å². The summed E-state index contributed by atoms with van der Waals surface area (Å²) in [4.78, 5) is 25.0. The molecule has 2 atom stereocenters. The topological polar surface area (TPSA) is 130 Å². The molecule has 0 bridgehead atoms. The summed E-state index contributed by atoms with van der Waals surface area (Å²) in [7, 11) is -4.00. The number of hydrogen-bond donors (Lipinski definition) is 3. The Kier molecular flexibility index (Phi) is 10.5. The fraction of sp³-hybridized carbons (Fsp3) is 0.235. The van der Waals surface area contributed by atoms with Gasteiger partial charge in [-0.05, 0) is 55.0 Å². The first-order chi connectivity index (χ1) is 20.6. The average Bonchev–Trinajstić information content (AvgIpc) is 3.01. The molecular formula is C34H35NO7S. The third kappa shape index (κ3) is 7.75. The van der Waals surface area contributed by atoms with E-state index in [0.29, 0.717) is 0 Å². The van der Waals surface area contributed by atoms with E-state index in [4.69, 9.17) is 4.18 Å². The van der Waals surface area contributed by atoms with Crippen LogP contribution in [0.2, 0.25) is 0 Å². The first-order valence-corrected chi connectivity index (χ1v) is 15.4. The van der Waals surface area contributed by atoms with Crippen LogP contribution in [0, 0.1) is 12.8 Å². The van der Waals surface area contributed by atoms with Gasteiger partial charge in [-0.25, -0.2) is 0 Å². The molecule has 0 heterocycles. The highest BCUT2D eigenvalue weighted by atomic mass is 32.2. The summed E-state index contributed by atoms with van der Waals surface area (Å²) in [5.74, 6) is -3.44. The minimum Gasteiger partial charge on any atom is -0.481 e. The second-order valence-corrected chi connectivity index (χ2v) is 12.0. The van der Waals surface area contributed by atoms with Crippen molar-refractivity contribution in [2.75, 3.05) is 6.61 Å². The molecule has 0 aromatic heterocycles. The maximum absolute atomic E-state index is 12.7. The molecule has 0 saturated carbocycles. The number of benzene rings is 4. The lowest BCUT2D eigenvalue weighted by Gasteiger charge is -2.39. The van der Waals surface area contributed by atoms with Crippen molar-refractivity contribution in [3.63, 3.8) is 0 Å². The van der Waals surface area contributed by atoms with Crippen molar-refractivity contribution in [3.05, 3.63) is 138 Å². The number of hydrogen-bond acceptors (Lipinski definition) is 6. The molecule has 4 aromatic rings. The fourth-order valence-corrected chi connectivity index (χ4v) is 6.14. The van der Waals surface area contributed by atoms with Crippen molar-refractivity contribution in [3.8, 4) is 0 Å². The van der Waals surface area contributed by atoms with Crippen LogP contribution >= 0.6 is 0 Å². The molecule has 0 aliphatic rings. The van der Waals surface area contributed by atoms with Crippen LogP contribution in [0.25, 0.3) is 0 Å². The van der Waals surface area contributed by atoms with Crippen LogP contribution in [0.1, 0.15) is 41.5 Å². The van der Waals surface area contributed by atoms with Gasteiger partial charge in [-0.1, -0.05) is 109 Å². The molecular weight excluding hydrogens is 566 g/mol. The quantitative estimate of drug-likeness (QED) is 0.0911. The van der Waals surface area contributed by atoms with Gasteiger partial charge in [-0.2, -0.15) is 8.42 Å². The van der Waals surface area contributed by atoms with Crippen molar-refractivity contribution in [2.45, 2.75) is 42.7 Å². The molecule has 43 heavy (non-hydrogen) atoms. The number of carbonyl (C=O) groups is 2. The summed E-state index contributed by atoms with van der Waals surface area (Å²) < 4.78 is 30.2. The van der Waals surface area contributed by atoms with Crippen molar-refractivity contribution in [2.24, 2.45) is 5.92 Å². The predicted molar refractivity (Wildman–Crippen MR) is 163 cm³/mol. The van der Waals surface area contributed by atoms with E-state index in [0.717, 1.165) is 22.3 Å². The first kappa shape index (κ1) is 31.6. The smallest absolute Gasteiger partial charge is 0.320 e. The largest absolute Gasteiger partial charge is 0.481 e. The molecule has 0 saturated heterocycles. The van der Waals surface area contributed by atoms with E-state index in [-0.39, 0.29) is 30.8 Å². The van der Waals surface area contributed by atoms with E-state index in [9.17, 15) is 28.2 Å². The number of aryl methyl sites for hydroxylation is 1. The summed E-state index contributed by atoms with van der Waals surface area (Å²) >= 11 is 0. The minimum atomic E-state index is -4.00. The van der Waals surface area contributed by atoms with Gasteiger partial charge in [-0.15, -0.1) is 0 Å². The standard InChI is InChI=1S/C34H35NO7S/c1-25-19-21-30(22-20-25)43(40,41)42-23-11-12-26(32(36)37)24-31(33(38)39)35-34(27-13-5-2-6-14-27,28-15-7-3-8-16-28)29-17-9-4-10-18-29/h2-10,13-22,26,31,35H,11-12,23-24H2,1H3,(H,36,37)(H,38,39)/t26-,31+/m1/s1. The Hall–Kier alpha value is -4.31. The van der Waals surface area contributed by atoms with Gasteiger partial charge in [0, 0.05) is 0 Å². The van der Waals surface area contributed by atoms with Gasteiger partial charge in [0.2, 0.25) is 0 Å². The van der Waals surface area contributed by atoms with Gasteiger partial charge in [-0.3, -0.25) is 19.1 Å². The summed E-state index contributed by atoms with van der Waals surface area (Å²) in [6.07, 6.45) is -0.0988. The summed E-state index contributed by atoms with van der Waals surface area (Å²) in [6.45, 7) is 1.61.